The van der Waals surface area contributed by atoms with Crippen molar-refractivity contribution in [3.8, 4) is 0 Å². The Morgan fingerprint density at radius 1 is 0.714 bits per heavy atom. The predicted molar refractivity (Wildman–Crippen MR) is 139 cm³/mol. The molecule has 0 bridgehead atoms. The Morgan fingerprint density at radius 2 is 1.29 bits per heavy atom. The summed E-state index contributed by atoms with van der Waals surface area (Å²) >= 11 is 0. The second-order valence-electron chi connectivity index (χ2n) is 8.60. The second kappa shape index (κ2) is 15.8. The van der Waals surface area contributed by atoms with E-state index >= 15 is 0 Å². The molecule has 35 heavy (non-hydrogen) atoms. The van der Waals surface area contributed by atoms with Crippen LogP contribution in [0.2, 0.25) is 0 Å². The lowest BCUT2D eigenvalue weighted by Crippen LogP contribution is -2.39. The number of rotatable bonds is 17. The molecule has 0 aliphatic carbocycles. The highest BCUT2D eigenvalue weighted by molar-refractivity contribution is 5.15. The number of nitrogens with zero attached hydrogens (tertiary/aromatic N) is 1. The topological polar surface area (TPSA) is 73.6 Å². The molecule has 0 amide bonds. The summed E-state index contributed by atoms with van der Waals surface area (Å²) in [7, 11) is 0. The van der Waals surface area contributed by atoms with Crippen LogP contribution in [0.15, 0.2) is 91.0 Å². The minimum atomic E-state index is -0.791. The molecule has 0 aliphatic heterocycles. The van der Waals surface area contributed by atoms with Gasteiger partial charge in [-0.3, -0.25) is 10.1 Å². The van der Waals surface area contributed by atoms with Crippen LogP contribution in [0.4, 0.5) is 0 Å². The summed E-state index contributed by atoms with van der Waals surface area (Å²) in [6.45, 7) is 2.71. The van der Waals surface area contributed by atoms with Crippen LogP contribution in [-0.4, -0.2) is 43.4 Å². The Labute approximate surface area is 208 Å². The van der Waals surface area contributed by atoms with Crippen LogP contribution in [0.5, 0.6) is 0 Å². The fourth-order valence-corrected chi connectivity index (χ4v) is 3.98. The Kier molecular flexibility index (Phi) is 12.0. The van der Waals surface area contributed by atoms with Crippen molar-refractivity contribution in [3.05, 3.63) is 118 Å². The van der Waals surface area contributed by atoms with Gasteiger partial charge in [0.25, 0.3) is 0 Å². The zero-order valence-corrected chi connectivity index (χ0v) is 20.3. The third-order valence-corrected chi connectivity index (χ3v) is 5.98. The van der Waals surface area contributed by atoms with Crippen molar-refractivity contribution < 1.29 is 14.4 Å². The van der Waals surface area contributed by atoms with E-state index in [9.17, 15) is 10.1 Å². The summed E-state index contributed by atoms with van der Waals surface area (Å²) in [5, 5.41) is 15.3. The van der Waals surface area contributed by atoms with E-state index in [1.807, 2.05) is 66.7 Å². The molecule has 2 unspecified atom stereocenters. The molecule has 0 spiro atoms. The van der Waals surface area contributed by atoms with E-state index in [1.165, 1.54) is 11.1 Å². The molecule has 0 heterocycles. The SMILES string of the molecule is O=[N+]([O-])C(CCNCCc1ccccc1)C(CCOCCc1ccccc1)OCc1ccccc1. The van der Waals surface area contributed by atoms with Gasteiger partial charge in [0.1, 0.15) is 6.10 Å². The number of hydrogen-bond acceptors (Lipinski definition) is 5. The molecule has 1 N–H and O–H groups in total. The average molecular weight is 477 g/mol. The quantitative estimate of drug-likeness (QED) is 0.167. The molecule has 2 atom stereocenters. The first-order valence-corrected chi connectivity index (χ1v) is 12.4. The molecule has 0 aromatic heterocycles. The van der Waals surface area contributed by atoms with Gasteiger partial charge in [-0.2, -0.15) is 0 Å². The van der Waals surface area contributed by atoms with E-state index in [2.05, 4.69) is 29.6 Å². The van der Waals surface area contributed by atoms with Gasteiger partial charge < -0.3 is 14.8 Å². The van der Waals surface area contributed by atoms with Crippen molar-refractivity contribution >= 4 is 0 Å². The molecular weight excluding hydrogens is 440 g/mol. The van der Waals surface area contributed by atoms with Crippen molar-refractivity contribution in [3.63, 3.8) is 0 Å². The first kappa shape index (κ1) is 26.5. The number of nitro groups is 1. The van der Waals surface area contributed by atoms with E-state index in [1.54, 1.807) is 0 Å². The summed E-state index contributed by atoms with van der Waals surface area (Å²) < 4.78 is 11.9. The maximum Gasteiger partial charge on any atom is 0.240 e. The van der Waals surface area contributed by atoms with E-state index in [0.29, 0.717) is 39.2 Å². The smallest absolute Gasteiger partial charge is 0.240 e. The highest BCUT2D eigenvalue weighted by atomic mass is 16.6. The standard InChI is InChI=1S/C29H36N2O4/c32-31(33)28(17-21-30-20-16-25-10-4-1-5-11-25)29(35-24-27-14-8-3-9-15-27)19-23-34-22-18-26-12-6-2-7-13-26/h1-15,28-30H,16-24H2. The van der Waals surface area contributed by atoms with Gasteiger partial charge >= 0.3 is 0 Å². The lowest BCUT2D eigenvalue weighted by atomic mass is 10.0. The van der Waals surface area contributed by atoms with E-state index < -0.39 is 12.1 Å². The highest BCUT2D eigenvalue weighted by Gasteiger charge is 2.31. The fourth-order valence-electron chi connectivity index (χ4n) is 3.98. The van der Waals surface area contributed by atoms with Crippen LogP contribution in [0.25, 0.3) is 0 Å². The number of hydrogen-bond donors (Lipinski definition) is 1. The monoisotopic (exact) mass is 476 g/mol. The van der Waals surface area contributed by atoms with Gasteiger partial charge in [0.15, 0.2) is 0 Å². The van der Waals surface area contributed by atoms with Crippen molar-refractivity contribution in [2.45, 2.75) is 44.4 Å². The minimum absolute atomic E-state index is 0.196. The van der Waals surface area contributed by atoms with E-state index in [-0.39, 0.29) is 4.92 Å². The Morgan fingerprint density at radius 3 is 1.89 bits per heavy atom. The third kappa shape index (κ3) is 10.4. The summed E-state index contributed by atoms with van der Waals surface area (Å²) in [5.41, 5.74) is 3.47. The molecule has 0 fully saturated rings. The normalized spacial score (nSPS) is 12.8. The van der Waals surface area contributed by atoms with Crippen molar-refractivity contribution in [1.29, 1.82) is 0 Å². The molecular formula is C29H36N2O4. The third-order valence-electron chi connectivity index (χ3n) is 5.98. The zero-order valence-electron chi connectivity index (χ0n) is 20.3. The summed E-state index contributed by atoms with van der Waals surface area (Å²) in [6, 6.07) is 29.4. The van der Waals surface area contributed by atoms with Crippen LogP contribution < -0.4 is 5.32 Å². The molecule has 0 saturated carbocycles. The lowest BCUT2D eigenvalue weighted by molar-refractivity contribution is -0.537. The molecule has 186 valence electrons. The Bertz CT molecular complexity index is 954. The highest BCUT2D eigenvalue weighted by Crippen LogP contribution is 2.15. The first-order chi connectivity index (χ1) is 17.2. The molecule has 3 aromatic rings. The molecule has 3 rings (SSSR count). The van der Waals surface area contributed by atoms with Crippen molar-refractivity contribution in [2.75, 3.05) is 26.3 Å². The van der Waals surface area contributed by atoms with Gasteiger partial charge in [0.05, 0.1) is 13.2 Å². The Hall–Kier alpha value is -3.06. The Balaban J connectivity index is 1.47. The average Bonchev–Trinajstić information content (AvgIpc) is 2.90. The molecule has 6 heteroatoms. The van der Waals surface area contributed by atoms with Gasteiger partial charge in [0, 0.05) is 30.9 Å². The lowest BCUT2D eigenvalue weighted by Gasteiger charge is -2.22. The summed E-state index contributed by atoms with van der Waals surface area (Å²) in [4.78, 5) is 11.8. The van der Waals surface area contributed by atoms with Gasteiger partial charge in [0.2, 0.25) is 6.04 Å². The molecule has 3 aromatic carbocycles. The van der Waals surface area contributed by atoms with E-state index in [0.717, 1.165) is 24.9 Å². The number of benzene rings is 3. The second-order valence-corrected chi connectivity index (χ2v) is 8.60. The van der Waals surface area contributed by atoms with Gasteiger partial charge in [-0.25, -0.2) is 0 Å². The predicted octanol–water partition coefficient (Wildman–Crippen LogP) is 5.09. The largest absolute Gasteiger partial charge is 0.381 e. The number of nitrogens with one attached hydrogen (secondary N) is 1. The molecule has 6 nitrogen and oxygen atoms in total. The summed E-state index contributed by atoms with van der Waals surface area (Å²) in [6.07, 6.45) is 2.09. The molecule has 0 aliphatic rings. The fraction of sp³-hybridized carbons (Fsp3) is 0.379. The van der Waals surface area contributed by atoms with Crippen LogP contribution in [0.1, 0.15) is 29.5 Å². The van der Waals surface area contributed by atoms with Crippen LogP contribution in [-0.2, 0) is 28.9 Å². The maximum atomic E-state index is 12.0. The van der Waals surface area contributed by atoms with Crippen LogP contribution in [0, 0.1) is 10.1 Å². The number of ether oxygens (including phenoxy) is 2. The first-order valence-electron chi connectivity index (χ1n) is 12.4. The minimum Gasteiger partial charge on any atom is -0.381 e. The molecule has 0 radical (unpaired) electrons. The van der Waals surface area contributed by atoms with Crippen LogP contribution >= 0.6 is 0 Å². The summed E-state index contributed by atoms with van der Waals surface area (Å²) in [5.74, 6) is 0. The zero-order chi connectivity index (χ0) is 24.6. The van der Waals surface area contributed by atoms with Crippen molar-refractivity contribution in [2.24, 2.45) is 0 Å². The van der Waals surface area contributed by atoms with Gasteiger partial charge in [-0.1, -0.05) is 91.0 Å². The van der Waals surface area contributed by atoms with Gasteiger partial charge in [-0.05, 0) is 36.1 Å². The van der Waals surface area contributed by atoms with Gasteiger partial charge in [-0.15, -0.1) is 0 Å². The van der Waals surface area contributed by atoms with Crippen LogP contribution in [0.3, 0.4) is 0 Å². The maximum absolute atomic E-state index is 12.0. The van der Waals surface area contributed by atoms with E-state index in [4.69, 9.17) is 9.47 Å². The molecule has 0 saturated heterocycles. The van der Waals surface area contributed by atoms with Crippen molar-refractivity contribution in [1.82, 2.24) is 5.32 Å².